The van der Waals surface area contributed by atoms with E-state index >= 15 is 0 Å². The summed E-state index contributed by atoms with van der Waals surface area (Å²) in [5.74, 6) is -0.295. The van der Waals surface area contributed by atoms with E-state index in [1.165, 1.54) is 6.92 Å². The summed E-state index contributed by atoms with van der Waals surface area (Å²) in [7, 11) is 0. The Hall–Kier alpha value is -1.97. The molecule has 1 aromatic carbocycles. The number of Topliss-reactive ketones (excluding diaryl/α,β-unsaturated/α-hetero) is 1. The zero-order valence-electron chi connectivity index (χ0n) is 8.84. The predicted molar refractivity (Wildman–Crippen MR) is 58.2 cm³/mol. The van der Waals surface area contributed by atoms with Crippen LogP contribution in [-0.4, -0.2) is 23.7 Å². The maximum Gasteiger partial charge on any atom is 0.315 e. The standard InChI is InChI=1S/C12H11NO3/c1-8(14)10-7-11(15)16-12(13-10)9-5-3-2-4-6-9/h2-6,10H,7H2,1H3/t10-/m1/s1. The third-order valence-corrected chi connectivity index (χ3v) is 2.33. The van der Waals surface area contributed by atoms with Gasteiger partial charge in [-0.05, 0) is 19.1 Å². The Morgan fingerprint density at radius 1 is 1.38 bits per heavy atom. The lowest BCUT2D eigenvalue weighted by atomic mass is 10.1. The molecule has 1 aromatic rings. The van der Waals surface area contributed by atoms with Crippen LogP contribution in [0.25, 0.3) is 0 Å². The van der Waals surface area contributed by atoms with Gasteiger partial charge in [-0.25, -0.2) is 4.99 Å². The molecule has 0 saturated carbocycles. The van der Waals surface area contributed by atoms with Gasteiger partial charge in [-0.3, -0.25) is 9.59 Å². The van der Waals surface area contributed by atoms with Gasteiger partial charge in [0.05, 0.1) is 6.42 Å². The lowest BCUT2D eigenvalue weighted by Crippen LogP contribution is -2.30. The van der Waals surface area contributed by atoms with Crippen LogP contribution in [0, 0.1) is 0 Å². The van der Waals surface area contributed by atoms with Crippen molar-refractivity contribution < 1.29 is 14.3 Å². The van der Waals surface area contributed by atoms with E-state index in [9.17, 15) is 9.59 Å². The molecule has 0 bridgehead atoms. The van der Waals surface area contributed by atoms with E-state index in [2.05, 4.69) is 4.99 Å². The van der Waals surface area contributed by atoms with Crippen LogP contribution in [0.4, 0.5) is 0 Å². The first-order valence-corrected chi connectivity index (χ1v) is 5.01. The molecule has 0 amide bonds. The maximum absolute atomic E-state index is 11.3. The quantitative estimate of drug-likeness (QED) is 0.702. The number of ether oxygens (including phenoxy) is 1. The molecule has 1 aliphatic rings. The summed E-state index contributed by atoms with van der Waals surface area (Å²) in [5.41, 5.74) is 0.710. The largest absolute Gasteiger partial charge is 0.407 e. The van der Waals surface area contributed by atoms with Crippen molar-refractivity contribution >= 4 is 17.7 Å². The first-order chi connectivity index (χ1) is 7.66. The number of esters is 1. The fourth-order valence-electron chi connectivity index (χ4n) is 1.47. The minimum atomic E-state index is -0.601. The number of cyclic esters (lactones) is 1. The van der Waals surface area contributed by atoms with Crippen molar-refractivity contribution in [1.29, 1.82) is 0 Å². The second kappa shape index (κ2) is 4.26. The Kier molecular flexibility index (Phi) is 2.81. The molecule has 16 heavy (non-hydrogen) atoms. The number of benzene rings is 1. The molecule has 0 fully saturated rings. The summed E-state index contributed by atoms with van der Waals surface area (Å²) in [6.45, 7) is 1.43. The van der Waals surface area contributed by atoms with Gasteiger partial charge in [-0.15, -0.1) is 0 Å². The van der Waals surface area contributed by atoms with Crippen molar-refractivity contribution in [3.05, 3.63) is 35.9 Å². The number of carbonyl (C=O) groups excluding carboxylic acids is 2. The van der Waals surface area contributed by atoms with Gasteiger partial charge < -0.3 is 4.74 Å². The third-order valence-electron chi connectivity index (χ3n) is 2.33. The first kappa shape index (κ1) is 10.5. The SMILES string of the molecule is CC(=O)[C@H]1CC(=O)OC(c2ccccc2)=N1. The molecule has 0 radical (unpaired) electrons. The number of carbonyl (C=O) groups is 2. The summed E-state index contributed by atoms with van der Waals surface area (Å²) >= 11 is 0. The fourth-order valence-corrected chi connectivity index (χ4v) is 1.47. The van der Waals surface area contributed by atoms with Crippen LogP contribution in [0.2, 0.25) is 0 Å². The van der Waals surface area contributed by atoms with Crippen molar-refractivity contribution in [3.63, 3.8) is 0 Å². The Labute approximate surface area is 92.9 Å². The van der Waals surface area contributed by atoms with E-state index < -0.39 is 12.0 Å². The number of aliphatic imine (C=N–C) groups is 1. The van der Waals surface area contributed by atoms with Crippen molar-refractivity contribution in [1.82, 2.24) is 0 Å². The highest BCUT2D eigenvalue weighted by molar-refractivity contribution is 6.04. The van der Waals surface area contributed by atoms with Gasteiger partial charge in [0.2, 0.25) is 5.90 Å². The summed E-state index contributed by atoms with van der Waals surface area (Å²) < 4.78 is 5.01. The van der Waals surface area contributed by atoms with Crippen LogP contribution < -0.4 is 0 Å². The number of nitrogens with zero attached hydrogens (tertiary/aromatic N) is 1. The van der Waals surface area contributed by atoms with E-state index in [0.717, 1.165) is 0 Å². The third kappa shape index (κ3) is 2.16. The minimum absolute atomic E-state index is 0.0334. The van der Waals surface area contributed by atoms with E-state index in [4.69, 9.17) is 4.74 Å². The summed E-state index contributed by atoms with van der Waals surface area (Å²) in [6.07, 6.45) is 0.0334. The van der Waals surface area contributed by atoms with Crippen molar-refractivity contribution in [2.75, 3.05) is 0 Å². The topological polar surface area (TPSA) is 55.7 Å². The molecule has 0 aliphatic carbocycles. The molecular weight excluding hydrogens is 206 g/mol. The molecule has 1 atom stereocenters. The van der Waals surface area contributed by atoms with Gasteiger partial charge in [0.25, 0.3) is 0 Å². The van der Waals surface area contributed by atoms with Crippen LogP contribution in [-0.2, 0) is 14.3 Å². The highest BCUT2D eigenvalue weighted by Gasteiger charge is 2.26. The molecule has 82 valence electrons. The van der Waals surface area contributed by atoms with Gasteiger partial charge in [-0.2, -0.15) is 0 Å². The summed E-state index contributed by atoms with van der Waals surface area (Å²) in [5, 5.41) is 0. The molecule has 0 saturated heterocycles. The Balaban J connectivity index is 2.33. The normalized spacial score (nSPS) is 19.9. The smallest absolute Gasteiger partial charge is 0.315 e. The zero-order chi connectivity index (χ0) is 11.5. The number of hydrogen-bond acceptors (Lipinski definition) is 4. The van der Waals surface area contributed by atoms with E-state index in [1.807, 2.05) is 18.2 Å². The first-order valence-electron chi connectivity index (χ1n) is 5.01. The van der Waals surface area contributed by atoms with Crippen molar-refractivity contribution in [3.8, 4) is 0 Å². The van der Waals surface area contributed by atoms with E-state index in [1.54, 1.807) is 12.1 Å². The van der Waals surface area contributed by atoms with Gasteiger partial charge in [0.1, 0.15) is 6.04 Å². The minimum Gasteiger partial charge on any atom is -0.407 e. The number of rotatable bonds is 2. The average molecular weight is 217 g/mol. The van der Waals surface area contributed by atoms with Gasteiger partial charge >= 0.3 is 5.97 Å². The van der Waals surface area contributed by atoms with Crippen LogP contribution >= 0.6 is 0 Å². The molecule has 0 aromatic heterocycles. The predicted octanol–water partition coefficient (Wildman–Crippen LogP) is 1.34. The second-order valence-corrected chi connectivity index (χ2v) is 3.60. The molecule has 0 spiro atoms. The number of ketones is 1. The molecular formula is C12H11NO3. The average Bonchev–Trinajstić information content (AvgIpc) is 2.29. The lowest BCUT2D eigenvalue weighted by molar-refractivity contribution is -0.138. The Morgan fingerprint density at radius 2 is 2.06 bits per heavy atom. The molecule has 4 heteroatoms. The van der Waals surface area contributed by atoms with Crippen molar-refractivity contribution in [2.24, 2.45) is 4.99 Å². The molecule has 0 N–H and O–H groups in total. The zero-order valence-corrected chi connectivity index (χ0v) is 8.84. The van der Waals surface area contributed by atoms with Gasteiger partial charge in [0.15, 0.2) is 5.78 Å². The van der Waals surface area contributed by atoms with Crippen LogP contribution in [0.3, 0.4) is 0 Å². The molecule has 2 rings (SSSR count). The monoisotopic (exact) mass is 217 g/mol. The highest BCUT2D eigenvalue weighted by atomic mass is 16.5. The van der Waals surface area contributed by atoms with Gasteiger partial charge in [-0.1, -0.05) is 18.2 Å². The molecule has 1 aliphatic heterocycles. The Morgan fingerprint density at radius 3 is 2.69 bits per heavy atom. The van der Waals surface area contributed by atoms with Gasteiger partial charge in [0, 0.05) is 5.56 Å². The van der Waals surface area contributed by atoms with E-state index in [0.29, 0.717) is 5.56 Å². The molecule has 0 unspecified atom stereocenters. The maximum atomic E-state index is 11.3. The molecule has 4 nitrogen and oxygen atoms in total. The Bertz CT molecular complexity index is 451. The number of hydrogen-bond donors (Lipinski definition) is 0. The summed E-state index contributed by atoms with van der Waals surface area (Å²) in [4.78, 5) is 26.6. The van der Waals surface area contributed by atoms with Crippen LogP contribution in [0.15, 0.2) is 35.3 Å². The fraction of sp³-hybridized carbons (Fsp3) is 0.250. The van der Waals surface area contributed by atoms with Crippen LogP contribution in [0.5, 0.6) is 0 Å². The van der Waals surface area contributed by atoms with E-state index in [-0.39, 0.29) is 18.1 Å². The van der Waals surface area contributed by atoms with Crippen LogP contribution in [0.1, 0.15) is 18.9 Å². The molecule has 1 heterocycles. The highest BCUT2D eigenvalue weighted by Crippen LogP contribution is 2.14. The summed E-state index contributed by atoms with van der Waals surface area (Å²) in [6, 6.07) is 8.48. The van der Waals surface area contributed by atoms with Crippen molar-refractivity contribution in [2.45, 2.75) is 19.4 Å². The second-order valence-electron chi connectivity index (χ2n) is 3.60. The lowest BCUT2D eigenvalue weighted by Gasteiger charge is -2.17.